The van der Waals surface area contributed by atoms with E-state index in [2.05, 4.69) is 13.2 Å². The summed E-state index contributed by atoms with van der Waals surface area (Å²) < 4.78 is 0. The van der Waals surface area contributed by atoms with Crippen molar-refractivity contribution in [3.8, 4) is 0 Å². The number of allylic oxidation sites excluding steroid dienone is 6. The molecule has 48 valence electrons. The molecule has 0 aliphatic rings. The van der Waals surface area contributed by atoms with Crippen LogP contribution in [0.2, 0.25) is 0 Å². The Kier molecular flexibility index (Phi) is 4.51. The maximum absolute atomic E-state index is 3.57. The first-order chi connectivity index (χ1) is 4.31. The van der Waals surface area contributed by atoms with Crippen LogP contribution in [0, 0.1) is 0 Å². The highest BCUT2D eigenvalue weighted by atomic mass is 13.8. The first-order valence-electron chi connectivity index (χ1n) is 2.89. The Morgan fingerprint density at radius 2 is 1.89 bits per heavy atom. The predicted octanol–water partition coefficient (Wildman–Crippen LogP) is 2.86. The minimum absolute atomic E-state index is 1.19. The van der Waals surface area contributed by atoms with Crippen LogP contribution in [0.3, 0.4) is 0 Å². The van der Waals surface area contributed by atoms with E-state index in [1.165, 1.54) is 5.57 Å². The summed E-state index contributed by atoms with van der Waals surface area (Å²) in [6.07, 6.45) is 9.34. The third-order valence-corrected chi connectivity index (χ3v) is 0.876. The molecule has 0 unspecified atom stereocenters. The molecule has 0 radical (unpaired) electrons. The lowest BCUT2D eigenvalue weighted by Crippen LogP contribution is -1.62. The highest BCUT2D eigenvalue weighted by Crippen LogP contribution is 1.93. The van der Waals surface area contributed by atoms with Gasteiger partial charge >= 0.3 is 0 Å². The van der Waals surface area contributed by atoms with E-state index in [0.717, 1.165) is 0 Å². The fourth-order valence-corrected chi connectivity index (χ4v) is 0.461. The van der Waals surface area contributed by atoms with Crippen molar-refractivity contribution in [3.63, 3.8) is 0 Å². The second-order valence-electron chi connectivity index (χ2n) is 1.74. The van der Waals surface area contributed by atoms with Crippen molar-refractivity contribution in [1.29, 1.82) is 0 Å². The molecule has 0 aromatic heterocycles. The molecule has 0 nitrogen and oxygen atoms in total. The van der Waals surface area contributed by atoms with Crippen molar-refractivity contribution in [2.45, 2.75) is 6.92 Å². The maximum Gasteiger partial charge on any atom is -0.0398 e. The SMILES string of the molecule is C=C/C=C\C(C)=C/C=C. The van der Waals surface area contributed by atoms with Gasteiger partial charge in [-0.1, -0.05) is 49.1 Å². The lowest BCUT2D eigenvalue weighted by molar-refractivity contribution is 1.53. The van der Waals surface area contributed by atoms with Gasteiger partial charge < -0.3 is 0 Å². The summed E-state index contributed by atoms with van der Waals surface area (Å²) in [5.41, 5.74) is 1.19. The van der Waals surface area contributed by atoms with Crippen molar-refractivity contribution in [3.05, 3.63) is 49.1 Å². The Hall–Kier alpha value is -1.04. The minimum atomic E-state index is 1.19. The van der Waals surface area contributed by atoms with Gasteiger partial charge in [-0.05, 0) is 6.92 Å². The molecule has 0 atom stereocenters. The molecular formula is C9H12. The predicted molar refractivity (Wildman–Crippen MR) is 43.3 cm³/mol. The van der Waals surface area contributed by atoms with Gasteiger partial charge in [0.15, 0.2) is 0 Å². The second kappa shape index (κ2) is 5.10. The van der Waals surface area contributed by atoms with E-state index in [4.69, 9.17) is 0 Å². The van der Waals surface area contributed by atoms with Crippen molar-refractivity contribution in [2.24, 2.45) is 0 Å². The number of rotatable bonds is 3. The quantitative estimate of drug-likeness (QED) is 0.502. The topological polar surface area (TPSA) is 0 Å². The largest absolute Gasteiger partial charge is 0.0991 e. The van der Waals surface area contributed by atoms with Crippen LogP contribution in [0.25, 0.3) is 0 Å². The van der Waals surface area contributed by atoms with Crippen molar-refractivity contribution < 1.29 is 0 Å². The van der Waals surface area contributed by atoms with Gasteiger partial charge in [0.25, 0.3) is 0 Å². The standard InChI is InChI=1S/C9H12/c1-4-6-8-9(3)7-5-2/h4-8H,1-2H2,3H3/b8-6-,9-7-. The smallest absolute Gasteiger partial charge is 0.0398 e. The van der Waals surface area contributed by atoms with E-state index in [9.17, 15) is 0 Å². The van der Waals surface area contributed by atoms with Crippen molar-refractivity contribution in [1.82, 2.24) is 0 Å². The summed E-state index contributed by atoms with van der Waals surface area (Å²) >= 11 is 0. The highest BCUT2D eigenvalue weighted by Gasteiger charge is 1.72. The molecule has 9 heavy (non-hydrogen) atoms. The van der Waals surface area contributed by atoms with E-state index < -0.39 is 0 Å². The van der Waals surface area contributed by atoms with Crippen LogP contribution in [0.15, 0.2) is 49.1 Å². The van der Waals surface area contributed by atoms with Gasteiger partial charge in [0.2, 0.25) is 0 Å². The first-order valence-corrected chi connectivity index (χ1v) is 2.89. The van der Waals surface area contributed by atoms with Crippen LogP contribution in [0.1, 0.15) is 6.92 Å². The summed E-state index contributed by atoms with van der Waals surface area (Å²) in [6, 6.07) is 0. The lowest BCUT2D eigenvalue weighted by atomic mass is 10.2. The second-order valence-corrected chi connectivity index (χ2v) is 1.74. The van der Waals surface area contributed by atoms with E-state index in [0.29, 0.717) is 0 Å². The molecule has 0 spiro atoms. The van der Waals surface area contributed by atoms with E-state index in [1.54, 1.807) is 12.2 Å². The van der Waals surface area contributed by atoms with E-state index in [-0.39, 0.29) is 0 Å². The average molecular weight is 120 g/mol. The zero-order valence-corrected chi connectivity index (χ0v) is 5.80. The van der Waals surface area contributed by atoms with Gasteiger partial charge in [0.05, 0.1) is 0 Å². The molecule has 0 aromatic rings. The van der Waals surface area contributed by atoms with Crippen LogP contribution in [0.4, 0.5) is 0 Å². The molecule has 0 saturated carbocycles. The van der Waals surface area contributed by atoms with Crippen LogP contribution in [0.5, 0.6) is 0 Å². The van der Waals surface area contributed by atoms with Crippen LogP contribution in [-0.2, 0) is 0 Å². The van der Waals surface area contributed by atoms with Crippen molar-refractivity contribution >= 4 is 0 Å². The molecule has 0 rings (SSSR count). The van der Waals surface area contributed by atoms with Gasteiger partial charge in [-0.15, -0.1) is 0 Å². The average Bonchev–Trinajstić information content (AvgIpc) is 1.85. The van der Waals surface area contributed by atoms with Gasteiger partial charge in [0, 0.05) is 0 Å². The molecule has 0 bridgehead atoms. The normalized spacial score (nSPS) is 11.9. The Balaban J connectivity index is 3.88. The molecule has 0 aromatic carbocycles. The van der Waals surface area contributed by atoms with Crippen molar-refractivity contribution in [2.75, 3.05) is 0 Å². The number of hydrogen-bond acceptors (Lipinski definition) is 0. The molecule has 0 aliphatic heterocycles. The Morgan fingerprint density at radius 1 is 1.22 bits per heavy atom. The summed E-state index contributed by atoms with van der Waals surface area (Å²) in [4.78, 5) is 0. The maximum atomic E-state index is 3.57. The Morgan fingerprint density at radius 3 is 2.33 bits per heavy atom. The summed E-state index contributed by atoms with van der Waals surface area (Å²) in [7, 11) is 0. The Labute approximate surface area is 56.9 Å². The first kappa shape index (κ1) is 7.96. The third-order valence-electron chi connectivity index (χ3n) is 0.876. The number of hydrogen-bond donors (Lipinski definition) is 0. The zero-order chi connectivity index (χ0) is 7.11. The molecule has 0 heteroatoms. The van der Waals surface area contributed by atoms with Gasteiger partial charge in [-0.2, -0.15) is 0 Å². The molecule has 0 fully saturated rings. The molecule has 0 saturated heterocycles. The fraction of sp³-hybridized carbons (Fsp3) is 0.111. The van der Waals surface area contributed by atoms with Crippen LogP contribution in [-0.4, -0.2) is 0 Å². The molecule has 0 N–H and O–H groups in total. The lowest BCUT2D eigenvalue weighted by Gasteiger charge is -1.83. The van der Waals surface area contributed by atoms with E-state index in [1.807, 2.05) is 25.2 Å². The summed E-state index contributed by atoms with van der Waals surface area (Å²) in [6.45, 7) is 9.14. The van der Waals surface area contributed by atoms with Gasteiger partial charge in [0.1, 0.15) is 0 Å². The monoisotopic (exact) mass is 120 g/mol. The van der Waals surface area contributed by atoms with Crippen LogP contribution < -0.4 is 0 Å². The van der Waals surface area contributed by atoms with E-state index >= 15 is 0 Å². The highest BCUT2D eigenvalue weighted by molar-refractivity contribution is 5.22. The zero-order valence-electron chi connectivity index (χ0n) is 5.80. The summed E-state index contributed by atoms with van der Waals surface area (Å²) in [5, 5.41) is 0. The third kappa shape index (κ3) is 4.82. The molecule has 0 aliphatic carbocycles. The molecular weight excluding hydrogens is 108 g/mol. The van der Waals surface area contributed by atoms with Gasteiger partial charge in [-0.25, -0.2) is 0 Å². The minimum Gasteiger partial charge on any atom is -0.0991 e. The Bertz CT molecular complexity index is 147. The molecule has 0 heterocycles. The fourth-order valence-electron chi connectivity index (χ4n) is 0.461. The molecule has 0 amide bonds. The van der Waals surface area contributed by atoms with Gasteiger partial charge in [-0.3, -0.25) is 0 Å². The summed E-state index contributed by atoms with van der Waals surface area (Å²) in [5.74, 6) is 0. The van der Waals surface area contributed by atoms with Crippen LogP contribution >= 0.6 is 0 Å².